The first-order chi connectivity index (χ1) is 8.66. The second-order valence-corrected chi connectivity index (χ2v) is 3.73. The molecule has 5 nitrogen and oxygen atoms in total. The highest BCUT2D eigenvalue weighted by Crippen LogP contribution is 2.17. The van der Waals surface area contributed by atoms with Crippen molar-refractivity contribution in [2.24, 2.45) is 0 Å². The molecule has 1 aromatic carbocycles. The standard InChI is InChI=1S/C13H12N2O3/c1-9-4-2-3-5-11(9)18-8-10-6-7-14-12(15-10)13(16)17/h2-7H,8H2,1H3,(H,16,17). The predicted molar refractivity (Wildman–Crippen MR) is 64.5 cm³/mol. The number of hydrogen-bond acceptors (Lipinski definition) is 4. The van der Waals surface area contributed by atoms with Gasteiger partial charge in [0.25, 0.3) is 0 Å². The van der Waals surface area contributed by atoms with Crippen LogP contribution >= 0.6 is 0 Å². The van der Waals surface area contributed by atoms with Gasteiger partial charge in [-0.25, -0.2) is 14.8 Å². The van der Waals surface area contributed by atoms with Crippen LogP contribution in [0.3, 0.4) is 0 Å². The second-order valence-electron chi connectivity index (χ2n) is 3.73. The number of carboxylic acids is 1. The maximum Gasteiger partial charge on any atom is 0.373 e. The zero-order valence-corrected chi connectivity index (χ0v) is 9.83. The highest BCUT2D eigenvalue weighted by Gasteiger charge is 2.07. The topological polar surface area (TPSA) is 72.3 Å². The number of hydrogen-bond donors (Lipinski definition) is 1. The molecule has 0 saturated heterocycles. The lowest BCUT2D eigenvalue weighted by molar-refractivity contribution is 0.0682. The van der Waals surface area contributed by atoms with Crippen molar-refractivity contribution in [2.45, 2.75) is 13.5 Å². The fourth-order valence-electron chi connectivity index (χ4n) is 1.45. The maximum atomic E-state index is 10.7. The Morgan fingerprint density at radius 1 is 1.33 bits per heavy atom. The summed E-state index contributed by atoms with van der Waals surface area (Å²) in [6.45, 7) is 2.16. The lowest BCUT2D eigenvalue weighted by Crippen LogP contribution is -2.07. The molecule has 0 unspecified atom stereocenters. The summed E-state index contributed by atoms with van der Waals surface area (Å²) in [6, 6.07) is 9.23. The van der Waals surface area contributed by atoms with Crippen LogP contribution in [0.5, 0.6) is 5.75 Å². The molecule has 5 heteroatoms. The summed E-state index contributed by atoms with van der Waals surface area (Å²) in [5, 5.41) is 8.77. The number of aryl methyl sites for hydroxylation is 1. The van der Waals surface area contributed by atoms with E-state index in [1.165, 1.54) is 6.20 Å². The van der Waals surface area contributed by atoms with Gasteiger partial charge in [-0.1, -0.05) is 18.2 Å². The SMILES string of the molecule is Cc1ccccc1OCc1ccnc(C(=O)O)n1. The number of para-hydroxylation sites is 1. The van der Waals surface area contributed by atoms with E-state index in [1.807, 2.05) is 31.2 Å². The average molecular weight is 244 g/mol. The van der Waals surface area contributed by atoms with Crippen LogP contribution in [0.1, 0.15) is 21.9 Å². The molecule has 0 atom stereocenters. The number of benzene rings is 1. The number of nitrogens with zero attached hydrogens (tertiary/aromatic N) is 2. The van der Waals surface area contributed by atoms with Gasteiger partial charge in [0.2, 0.25) is 5.82 Å². The van der Waals surface area contributed by atoms with Gasteiger partial charge in [0.15, 0.2) is 0 Å². The molecule has 2 aromatic rings. The van der Waals surface area contributed by atoms with Crippen molar-refractivity contribution in [3.05, 3.63) is 53.6 Å². The monoisotopic (exact) mass is 244 g/mol. The molecule has 0 spiro atoms. The van der Waals surface area contributed by atoms with E-state index in [9.17, 15) is 4.79 Å². The predicted octanol–water partition coefficient (Wildman–Crippen LogP) is 2.06. The Balaban J connectivity index is 2.09. The highest BCUT2D eigenvalue weighted by molar-refractivity contribution is 5.82. The molecule has 0 aliphatic heterocycles. The van der Waals surface area contributed by atoms with Crippen molar-refractivity contribution in [2.75, 3.05) is 0 Å². The largest absolute Gasteiger partial charge is 0.487 e. The van der Waals surface area contributed by atoms with Crippen LogP contribution in [0.25, 0.3) is 0 Å². The zero-order valence-electron chi connectivity index (χ0n) is 9.83. The maximum absolute atomic E-state index is 10.7. The number of aromatic carboxylic acids is 1. The third kappa shape index (κ3) is 2.82. The molecule has 1 heterocycles. The molecule has 0 saturated carbocycles. The van der Waals surface area contributed by atoms with Crippen LogP contribution in [0, 0.1) is 6.92 Å². The fourth-order valence-corrected chi connectivity index (χ4v) is 1.45. The molecule has 92 valence electrons. The van der Waals surface area contributed by atoms with Crippen LogP contribution in [-0.2, 0) is 6.61 Å². The molecule has 2 rings (SSSR count). The normalized spacial score (nSPS) is 10.1. The Kier molecular flexibility index (Phi) is 3.52. The van der Waals surface area contributed by atoms with Crippen molar-refractivity contribution in [3.8, 4) is 5.75 Å². The molecule has 0 aliphatic rings. The minimum absolute atomic E-state index is 0.216. The van der Waals surface area contributed by atoms with Gasteiger partial charge in [0.1, 0.15) is 12.4 Å². The van der Waals surface area contributed by atoms with Gasteiger partial charge in [0, 0.05) is 6.20 Å². The fraction of sp³-hybridized carbons (Fsp3) is 0.154. The molecule has 0 aliphatic carbocycles. The Morgan fingerprint density at radius 2 is 2.11 bits per heavy atom. The lowest BCUT2D eigenvalue weighted by Gasteiger charge is -2.08. The summed E-state index contributed by atoms with van der Waals surface area (Å²) in [7, 11) is 0. The molecular weight excluding hydrogens is 232 g/mol. The van der Waals surface area contributed by atoms with E-state index in [0.717, 1.165) is 11.3 Å². The van der Waals surface area contributed by atoms with E-state index in [4.69, 9.17) is 9.84 Å². The number of carboxylic acid groups (broad SMARTS) is 1. The number of rotatable bonds is 4. The molecule has 18 heavy (non-hydrogen) atoms. The van der Waals surface area contributed by atoms with E-state index in [1.54, 1.807) is 6.07 Å². The summed E-state index contributed by atoms with van der Waals surface area (Å²) in [6.07, 6.45) is 1.41. The van der Waals surface area contributed by atoms with Crippen LogP contribution in [-0.4, -0.2) is 21.0 Å². The lowest BCUT2D eigenvalue weighted by atomic mass is 10.2. The number of carbonyl (C=O) groups is 1. The van der Waals surface area contributed by atoms with E-state index < -0.39 is 5.97 Å². The van der Waals surface area contributed by atoms with Gasteiger partial charge in [-0.3, -0.25) is 0 Å². The third-order valence-corrected chi connectivity index (χ3v) is 2.37. The Bertz CT molecular complexity index is 570. The molecule has 0 fully saturated rings. The summed E-state index contributed by atoms with van der Waals surface area (Å²) in [5.74, 6) is -0.610. The van der Waals surface area contributed by atoms with E-state index in [0.29, 0.717) is 5.69 Å². The second kappa shape index (κ2) is 5.27. The van der Waals surface area contributed by atoms with E-state index in [2.05, 4.69) is 9.97 Å². The van der Waals surface area contributed by atoms with Gasteiger partial charge >= 0.3 is 5.97 Å². The van der Waals surface area contributed by atoms with Gasteiger partial charge < -0.3 is 9.84 Å². The molecular formula is C13H12N2O3. The smallest absolute Gasteiger partial charge is 0.373 e. The van der Waals surface area contributed by atoms with Gasteiger partial charge in [-0.2, -0.15) is 0 Å². The van der Waals surface area contributed by atoms with Crippen LogP contribution < -0.4 is 4.74 Å². The van der Waals surface area contributed by atoms with Gasteiger partial charge in [0.05, 0.1) is 5.69 Å². The first kappa shape index (κ1) is 12.0. The van der Waals surface area contributed by atoms with Crippen molar-refractivity contribution in [1.82, 2.24) is 9.97 Å². The first-order valence-corrected chi connectivity index (χ1v) is 5.40. The molecule has 0 amide bonds. The molecule has 1 aromatic heterocycles. The Hall–Kier alpha value is -2.43. The van der Waals surface area contributed by atoms with Crippen LogP contribution in [0.15, 0.2) is 36.5 Å². The summed E-state index contributed by atoms with van der Waals surface area (Å²) in [5.41, 5.74) is 1.55. The molecule has 0 bridgehead atoms. The summed E-state index contributed by atoms with van der Waals surface area (Å²) in [4.78, 5) is 18.2. The molecule has 1 N–H and O–H groups in total. The van der Waals surface area contributed by atoms with Gasteiger partial charge in [-0.15, -0.1) is 0 Å². The van der Waals surface area contributed by atoms with Crippen molar-refractivity contribution in [3.63, 3.8) is 0 Å². The Labute approximate surface area is 104 Å². The first-order valence-electron chi connectivity index (χ1n) is 5.40. The zero-order chi connectivity index (χ0) is 13.0. The minimum Gasteiger partial charge on any atom is -0.487 e. The third-order valence-electron chi connectivity index (χ3n) is 2.37. The quantitative estimate of drug-likeness (QED) is 0.891. The van der Waals surface area contributed by atoms with Crippen molar-refractivity contribution in [1.29, 1.82) is 0 Å². The van der Waals surface area contributed by atoms with E-state index >= 15 is 0 Å². The summed E-state index contributed by atoms with van der Waals surface area (Å²) >= 11 is 0. The Morgan fingerprint density at radius 3 is 2.83 bits per heavy atom. The van der Waals surface area contributed by atoms with E-state index in [-0.39, 0.29) is 12.4 Å². The van der Waals surface area contributed by atoms with Crippen molar-refractivity contribution >= 4 is 5.97 Å². The van der Waals surface area contributed by atoms with Crippen LogP contribution in [0.2, 0.25) is 0 Å². The van der Waals surface area contributed by atoms with Gasteiger partial charge in [-0.05, 0) is 24.6 Å². The average Bonchev–Trinajstić information content (AvgIpc) is 2.38. The van der Waals surface area contributed by atoms with Crippen molar-refractivity contribution < 1.29 is 14.6 Å². The minimum atomic E-state index is -1.15. The highest BCUT2D eigenvalue weighted by atomic mass is 16.5. The number of aromatic nitrogens is 2. The molecule has 0 radical (unpaired) electrons. The number of ether oxygens (including phenoxy) is 1. The van der Waals surface area contributed by atoms with Crippen LogP contribution in [0.4, 0.5) is 0 Å². The summed E-state index contributed by atoms with van der Waals surface area (Å²) < 4.78 is 5.57.